The molecule has 0 amide bonds. The molecule has 1 aliphatic carbocycles. The monoisotopic (exact) mass is 258 g/mol. The molecule has 0 aromatic carbocycles. The summed E-state index contributed by atoms with van der Waals surface area (Å²) in [5.74, 6) is 2.82. The molecule has 1 fully saturated rings. The molecule has 102 valence electrons. The molecule has 3 heteroatoms. The van der Waals surface area contributed by atoms with Crippen molar-refractivity contribution >= 4 is 11.8 Å². The molecule has 0 aliphatic heterocycles. The normalized spacial score (nSPS) is 31.8. The lowest BCUT2D eigenvalue weighted by Crippen LogP contribution is -2.45. The topological polar surface area (TPSA) is 29.3 Å². The van der Waals surface area contributed by atoms with Crippen molar-refractivity contribution in [2.75, 3.05) is 25.6 Å². The quantitative estimate of drug-likeness (QED) is 0.794. The second-order valence-corrected chi connectivity index (χ2v) is 6.71. The number of thioether (sulfide) groups is 1. The molecule has 0 aromatic rings. The van der Waals surface area contributed by atoms with Gasteiger partial charge in [0.25, 0.3) is 0 Å². The average Bonchev–Trinajstić information content (AvgIpc) is 2.30. The minimum atomic E-state index is 0.431. The van der Waals surface area contributed by atoms with E-state index in [0.29, 0.717) is 12.0 Å². The van der Waals surface area contributed by atoms with Crippen LogP contribution in [0.1, 0.15) is 39.5 Å². The van der Waals surface area contributed by atoms with Gasteiger partial charge in [-0.2, -0.15) is 11.8 Å². The minimum Gasteiger partial charge on any atom is -0.327 e. The number of rotatable bonds is 6. The van der Waals surface area contributed by atoms with Gasteiger partial charge in [0.05, 0.1) is 0 Å². The zero-order valence-corrected chi connectivity index (χ0v) is 12.8. The Kier molecular flexibility index (Phi) is 6.90. The maximum Gasteiger partial charge on any atom is 0.0180 e. The fourth-order valence-corrected chi connectivity index (χ4v) is 3.88. The summed E-state index contributed by atoms with van der Waals surface area (Å²) >= 11 is 1.95. The van der Waals surface area contributed by atoms with E-state index in [1.165, 1.54) is 38.0 Å². The van der Waals surface area contributed by atoms with E-state index in [2.05, 4.69) is 32.1 Å². The maximum absolute atomic E-state index is 6.27. The Labute approximate surface area is 112 Å². The molecule has 0 saturated heterocycles. The molecule has 17 heavy (non-hydrogen) atoms. The molecular formula is C14H30N2S. The van der Waals surface area contributed by atoms with Crippen molar-refractivity contribution in [2.24, 2.45) is 17.6 Å². The summed E-state index contributed by atoms with van der Waals surface area (Å²) in [4.78, 5) is 2.54. The molecular weight excluding hydrogens is 228 g/mol. The summed E-state index contributed by atoms with van der Waals surface area (Å²) in [7, 11) is 2.27. The summed E-state index contributed by atoms with van der Waals surface area (Å²) in [5, 5.41) is 0. The molecule has 0 heterocycles. The van der Waals surface area contributed by atoms with Crippen LogP contribution in [-0.4, -0.2) is 42.6 Å². The predicted octanol–water partition coefficient (Wildman–Crippen LogP) is 2.82. The van der Waals surface area contributed by atoms with Crippen molar-refractivity contribution in [1.82, 2.24) is 4.90 Å². The molecule has 4 atom stereocenters. The summed E-state index contributed by atoms with van der Waals surface area (Å²) in [5.41, 5.74) is 6.27. The first-order chi connectivity index (χ1) is 8.08. The van der Waals surface area contributed by atoms with E-state index in [-0.39, 0.29) is 0 Å². The van der Waals surface area contributed by atoms with Gasteiger partial charge in [-0.1, -0.05) is 13.8 Å². The van der Waals surface area contributed by atoms with Gasteiger partial charge in [-0.3, -0.25) is 0 Å². The van der Waals surface area contributed by atoms with Crippen LogP contribution in [-0.2, 0) is 0 Å². The van der Waals surface area contributed by atoms with Crippen LogP contribution in [0.3, 0.4) is 0 Å². The van der Waals surface area contributed by atoms with E-state index in [1.807, 2.05) is 11.8 Å². The molecule has 1 aliphatic rings. The van der Waals surface area contributed by atoms with Crippen molar-refractivity contribution < 1.29 is 0 Å². The van der Waals surface area contributed by atoms with Crippen LogP contribution in [0.5, 0.6) is 0 Å². The lowest BCUT2D eigenvalue weighted by molar-refractivity contribution is 0.154. The third-order valence-electron chi connectivity index (χ3n) is 4.28. The van der Waals surface area contributed by atoms with Gasteiger partial charge in [0.15, 0.2) is 0 Å². The summed E-state index contributed by atoms with van der Waals surface area (Å²) < 4.78 is 0. The summed E-state index contributed by atoms with van der Waals surface area (Å²) in [6, 6.07) is 1.15. The Balaban J connectivity index is 2.44. The van der Waals surface area contributed by atoms with Gasteiger partial charge in [0.1, 0.15) is 0 Å². The highest BCUT2D eigenvalue weighted by Gasteiger charge is 2.28. The maximum atomic E-state index is 6.27. The zero-order valence-electron chi connectivity index (χ0n) is 12.0. The van der Waals surface area contributed by atoms with Crippen LogP contribution in [0.25, 0.3) is 0 Å². The Morgan fingerprint density at radius 1 is 1.41 bits per heavy atom. The van der Waals surface area contributed by atoms with Gasteiger partial charge in [-0.15, -0.1) is 0 Å². The van der Waals surface area contributed by atoms with Gasteiger partial charge in [0.2, 0.25) is 0 Å². The third kappa shape index (κ3) is 4.80. The molecule has 0 spiro atoms. The van der Waals surface area contributed by atoms with Gasteiger partial charge in [-0.25, -0.2) is 0 Å². The molecule has 0 bridgehead atoms. The SMILES string of the molecule is CCC(CSC)N(C)CC1CC(C)CCC1N. The van der Waals surface area contributed by atoms with Crippen LogP contribution in [0.2, 0.25) is 0 Å². The van der Waals surface area contributed by atoms with E-state index in [9.17, 15) is 0 Å². The number of nitrogens with zero attached hydrogens (tertiary/aromatic N) is 1. The summed E-state index contributed by atoms with van der Waals surface area (Å²) in [6.07, 6.45) is 7.31. The Bertz CT molecular complexity index is 210. The first-order valence-corrected chi connectivity index (χ1v) is 8.42. The molecule has 0 radical (unpaired) electrons. The van der Waals surface area contributed by atoms with Crippen LogP contribution in [0.15, 0.2) is 0 Å². The van der Waals surface area contributed by atoms with Gasteiger partial charge < -0.3 is 10.6 Å². The predicted molar refractivity (Wildman–Crippen MR) is 79.6 cm³/mol. The summed E-state index contributed by atoms with van der Waals surface area (Å²) in [6.45, 7) is 5.85. The molecule has 4 unspecified atom stereocenters. The largest absolute Gasteiger partial charge is 0.327 e. The zero-order chi connectivity index (χ0) is 12.8. The van der Waals surface area contributed by atoms with Crippen molar-refractivity contribution in [3.63, 3.8) is 0 Å². The van der Waals surface area contributed by atoms with Crippen LogP contribution < -0.4 is 5.73 Å². The van der Waals surface area contributed by atoms with E-state index in [4.69, 9.17) is 5.73 Å². The fourth-order valence-electron chi connectivity index (χ4n) is 3.00. The number of hydrogen-bond acceptors (Lipinski definition) is 3. The van der Waals surface area contributed by atoms with Crippen molar-refractivity contribution in [2.45, 2.75) is 51.6 Å². The van der Waals surface area contributed by atoms with Crippen molar-refractivity contribution in [3.8, 4) is 0 Å². The molecule has 0 aromatic heterocycles. The van der Waals surface area contributed by atoms with Gasteiger partial charge >= 0.3 is 0 Å². The van der Waals surface area contributed by atoms with E-state index >= 15 is 0 Å². The molecule has 1 saturated carbocycles. The smallest absolute Gasteiger partial charge is 0.0180 e. The lowest BCUT2D eigenvalue weighted by Gasteiger charge is -2.37. The fraction of sp³-hybridized carbons (Fsp3) is 1.00. The molecule has 2 N–H and O–H groups in total. The highest BCUT2D eigenvalue weighted by Crippen LogP contribution is 2.29. The van der Waals surface area contributed by atoms with Gasteiger partial charge in [0, 0.05) is 24.4 Å². The van der Waals surface area contributed by atoms with Gasteiger partial charge in [-0.05, 0) is 50.8 Å². The van der Waals surface area contributed by atoms with E-state index in [0.717, 1.165) is 12.0 Å². The number of hydrogen-bond donors (Lipinski definition) is 1. The first-order valence-electron chi connectivity index (χ1n) is 7.03. The van der Waals surface area contributed by atoms with E-state index < -0.39 is 0 Å². The Hall–Kier alpha value is 0.270. The Morgan fingerprint density at radius 3 is 2.71 bits per heavy atom. The lowest BCUT2D eigenvalue weighted by atomic mass is 9.79. The second kappa shape index (κ2) is 7.65. The van der Waals surface area contributed by atoms with Crippen LogP contribution >= 0.6 is 11.8 Å². The highest BCUT2D eigenvalue weighted by atomic mass is 32.2. The molecule has 2 nitrogen and oxygen atoms in total. The average molecular weight is 258 g/mol. The van der Waals surface area contributed by atoms with Crippen molar-refractivity contribution in [1.29, 1.82) is 0 Å². The minimum absolute atomic E-state index is 0.431. The van der Waals surface area contributed by atoms with Crippen LogP contribution in [0, 0.1) is 11.8 Å². The Morgan fingerprint density at radius 2 is 2.12 bits per heavy atom. The first kappa shape index (κ1) is 15.3. The van der Waals surface area contributed by atoms with Crippen LogP contribution in [0.4, 0.5) is 0 Å². The van der Waals surface area contributed by atoms with Crippen molar-refractivity contribution in [3.05, 3.63) is 0 Å². The highest BCUT2D eigenvalue weighted by molar-refractivity contribution is 7.98. The number of nitrogens with two attached hydrogens (primary N) is 1. The third-order valence-corrected chi connectivity index (χ3v) is 5.00. The second-order valence-electron chi connectivity index (χ2n) is 5.80. The molecule has 1 rings (SSSR count). The standard InChI is InChI=1S/C14H30N2S/c1-5-13(10-17-4)16(3)9-12-8-11(2)6-7-14(12)15/h11-14H,5-10,15H2,1-4H3. The van der Waals surface area contributed by atoms with E-state index in [1.54, 1.807) is 0 Å².